The van der Waals surface area contributed by atoms with Crippen molar-refractivity contribution in [2.24, 2.45) is 5.92 Å². The Bertz CT molecular complexity index is 223. The first-order chi connectivity index (χ1) is 6.61. The Morgan fingerprint density at radius 3 is 2.86 bits per heavy atom. The molecule has 1 rings (SSSR count). The smallest absolute Gasteiger partial charge is 0.246 e. The second-order valence-electron chi connectivity index (χ2n) is 4.19. The molecule has 1 aliphatic heterocycles. The number of piperazine rings is 1. The highest BCUT2D eigenvalue weighted by Crippen LogP contribution is 2.04. The largest absolute Gasteiger partial charge is 0.334 e. The summed E-state index contributed by atoms with van der Waals surface area (Å²) in [5.74, 6) is 0.588. The normalized spacial score (nSPS) is 23.4. The van der Waals surface area contributed by atoms with E-state index in [4.69, 9.17) is 0 Å². The van der Waals surface area contributed by atoms with Crippen molar-refractivity contribution < 1.29 is 4.79 Å². The van der Waals surface area contributed by atoms with Crippen molar-refractivity contribution in [2.75, 3.05) is 19.6 Å². The van der Waals surface area contributed by atoms with Crippen LogP contribution in [0.1, 0.15) is 20.8 Å². The van der Waals surface area contributed by atoms with Crippen molar-refractivity contribution in [3.8, 4) is 0 Å². The zero-order valence-corrected chi connectivity index (χ0v) is 9.29. The van der Waals surface area contributed by atoms with Crippen LogP contribution in [-0.4, -0.2) is 36.5 Å². The number of carbonyl (C=O) groups excluding carboxylic acids is 1. The third-order valence-corrected chi connectivity index (χ3v) is 2.41. The molecule has 1 amide bonds. The van der Waals surface area contributed by atoms with Gasteiger partial charge in [-0.25, -0.2) is 0 Å². The quantitative estimate of drug-likeness (QED) is 0.669. The van der Waals surface area contributed by atoms with Crippen molar-refractivity contribution in [2.45, 2.75) is 26.8 Å². The summed E-state index contributed by atoms with van der Waals surface area (Å²) in [4.78, 5) is 13.7. The third-order valence-electron chi connectivity index (χ3n) is 2.41. The highest BCUT2D eigenvalue weighted by Gasteiger charge is 2.20. The number of nitrogens with zero attached hydrogens (tertiary/aromatic N) is 1. The molecular weight excluding hydrogens is 176 g/mol. The van der Waals surface area contributed by atoms with Gasteiger partial charge in [-0.2, -0.15) is 0 Å². The molecule has 1 saturated heterocycles. The summed E-state index contributed by atoms with van der Waals surface area (Å²) in [6, 6.07) is 0.313. The average molecular weight is 196 g/mol. The molecule has 1 aliphatic rings. The van der Waals surface area contributed by atoms with Gasteiger partial charge in [0.2, 0.25) is 5.91 Å². The Labute approximate surface area is 86.2 Å². The van der Waals surface area contributed by atoms with Crippen molar-refractivity contribution >= 4 is 5.91 Å². The third kappa shape index (κ3) is 3.14. The summed E-state index contributed by atoms with van der Waals surface area (Å²) in [7, 11) is 0. The molecule has 0 aromatic rings. The lowest BCUT2D eigenvalue weighted by Crippen LogP contribution is -2.51. The number of nitrogens with one attached hydrogen (secondary N) is 1. The monoisotopic (exact) mass is 196 g/mol. The van der Waals surface area contributed by atoms with E-state index < -0.39 is 0 Å². The number of amides is 1. The van der Waals surface area contributed by atoms with Gasteiger partial charge in [0, 0.05) is 25.7 Å². The predicted octanol–water partition coefficient (Wildman–Crippen LogP) is 1.02. The van der Waals surface area contributed by atoms with E-state index in [0.717, 1.165) is 19.6 Å². The molecule has 1 unspecified atom stereocenters. The summed E-state index contributed by atoms with van der Waals surface area (Å²) in [6.45, 7) is 8.86. The van der Waals surface area contributed by atoms with E-state index in [2.05, 4.69) is 26.1 Å². The molecule has 0 spiro atoms. The lowest BCUT2D eigenvalue weighted by molar-refractivity contribution is -0.128. The highest BCUT2D eigenvalue weighted by atomic mass is 16.2. The Morgan fingerprint density at radius 2 is 2.29 bits per heavy atom. The average Bonchev–Trinajstić information content (AvgIpc) is 2.15. The summed E-state index contributed by atoms with van der Waals surface area (Å²) in [5.41, 5.74) is 0. The Kier molecular flexibility index (Phi) is 4.14. The Morgan fingerprint density at radius 1 is 1.57 bits per heavy atom. The first-order valence-corrected chi connectivity index (χ1v) is 5.30. The van der Waals surface area contributed by atoms with Crippen LogP contribution in [0.2, 0.25) is 0 Å². The van der Waals surface area contributed by atoms with Crippen LogP contribution < -0.4 is 5.32 Å². The van der Waals surface area contributed by atoms with Gasteiger partial charge < -0.3 is 10.2 Å². The molecule has 1 N–H and O–H groups in total. The number of hydrogen-bond donors (Lipinski definition) is 1. The summed E-state index contributed by atoms with van der Waals surface area (Å²) >= 11 is 0. The van der Waals surface area contributed by atoms with Gasteiger partial charge in [0.05, 0.1) is 0 Å². The fourth-order valence-electron chi connectivity index (χ4n) is 1.54. The predicted molar refractivity (Wildman–Crippen MR) is 58.0 cm³/mol. The maximum atomic E-state index is 11.7. The molecule has 1 fully saturated rings. The highest BCUT2D eigenvalue weighted by molar-refractivity contribution is 5.87. The van der Waals surface area contributed by atoms with Gasteiger partial charge >= 0.3 is 0 Å². The van der Waals surface area contributed by atoms with Crippen LogP contribution in [0.4, 0.5) is 0 Å². The second kappa shape index (κ2) is 5.15. The van der Waals surface area contributed by atoms with Crippen LogP contribution >= 0.6 is 0 Å². The molecule has 1 atom stereocenters. The SMILES string of the molecule is CC(C)/C=C/C(=O)N1CCNCC1C. The molecule has 0 aliphatic carbocycles. The number of allylic oxidation sites excluding steroid dienone is 1. The molecule has 0 aromatic carbocycles. The zero-order valence-electron chi connectivity index (χ0n) is 9.29. The van der Waals surface area contributed by atoms with E-state index in [1.807, 2.05) is 11.0 Å². The van der Waals surface area contributed by atoms with E-state index in [1.165, 1.54) is 0 Å². The molecule has 1 heterocycles. The van der Waals surface area contributed by atoms with Gasteiger partial charge in [0.1, 0.15) is 0 Å². The van der Waals surface area contributed by atoms with Gasteiger partial charge in [-0.3, -0.25) is 4.79 Å². The lowest BCUT2D eigenvalue weighted by atomic mass is 10.2. The van der Waals surface area contributed by atoms with Crippen LogP contribution in [0.15, 0.2) is 12.2 Å². The fourth-order valence-corrected chi connectivity index (χ4v) is 1.54. The standard InChI is InChI=1S/C11H20N2O/c1-9(2)4-5-11(14)13-7-6-12-8-10(13)3/h4-5,9-10,12H,6-8H2,1-3H3/b5-4+. The minimum absolute atomic E-state index is 0.146. The second-order valence-corrected chi connectivity index (χ2v) is 4.19. The van der Waals surface area contributed by atoms with Gasteiger partial charge in [-0.05, 0) is 18.9 Å². The lowest BCUT2D eigenvalue weighted by Gasteiger charge is -2.33. The van der Waals surface area contributed by atoms with Gasteiger partial charge in [-0.1, -0.05) is 19.9 Å². The molecule has 0 radical (unpaired) electrons. The van der Waals surface area contributed by atoms with E-state index in [0.29, 0.717) is 12.0 Å². The Hall–Kier alpha value is -0.830. The van der Waals surface area contributed by atoms with Crippen LogP contribution in [-0.2, 0) is 4.79 Å². The molecular formula is C11H20N2O. The van der Waals surface area contributed by atoms with Crippen molar-refractivity contribution in [1.29, 1.82) is 0 Å². The summed E-state index contributed by atoms with van der Waals surface area (Å²) in [5, 5.41) is 3.27. The van der Waals surface area contributed by atoms with E-state index in [-0.39, 0.29) is 5.91 Å². The maximum Gasteiger partial charge on any atom is 0.246 e. The molecule has 0 bridgehead atoms. The van der Waals surface area contributed by atoms with Crippen LogP contribution in [0.25, 0.3) is 0 Å². The molecule has 0 aromatic heterocycles. The molecule has 3 nitrogen and oxygen atoms in total. The van der Waals surface area contributed by atoms with Crippen LogP contribution in [0.5, 0.6) is 0 Å². The van der Waals surface area contributed by atoms with Crippen molar-refractivity contribution in [1.82, 2.24) is 10.2 Å². The first kappa shape index (κ1) is 11.2. The molecule has 80 valence electrons. The van der Waals surface area contributed by atoms with Crippen LogP contribution in [0.3, 0.4) is 0 Å². The van der Waals surface area contributed by atoms with Gasteiger partial charge in [0.15, 0.2) is 0 Å². The van der Waals surface area contributed by atoms with Gasteiger partial charge in [0.25, 0.3) is 0 Å². The van der Waals surface area contributed by atoms with Crippen molar-refractivity contribution in [3.63, 3.8) is 0 Å². The van der Waals surface area contributed by atoms with Crippen LogP contribution in [0, 0.1) is 5.92 Å². The number of carbonyl (C=O) groups is 1. The summed E-state index contributed by atoms with van der Waals surface area (Å²) < 4.78 is 0. The minimum Gasteiger partial charge on any atom is -0.334 e. The van der Waals surface area contributed by atoms with Crippen molar-refractivity contribution in [3.05, 3.63) is 12.2 Å². The van der Waals surface area contributed by atoms with E-state index in [9.17, 15) is 4.79 Å². The van der Waals surface area contributed by atoms with E-state index >= 15 is 0 Å². The molecule has 3 heteroatoms. The Balaban J connectivity index is 2.50. The van der Waals surface area contributed by atoms with Gasteiger partial charge in [-0.15, -0.1) is 0 Å². The first-order valence-electron chi connectivity index (χ1n) is 5.30. The minimum atomic E-state index is 0.146. The topological polar surface area (TPSA) is 32.3 Å². The number of hydrogen-bond acceptors (Lipinski definition) is 2. The molecule has 0 saturated carbocycles. The number of rotatable bonds is 2. The molecule has 14 heavy (non-hydrogen) atoms. The van der Waals surface area contributed by atoms with E-state index in [1.54, 1.807) is 6.08 Å². The summed E-state index contributed by atoms with van der Waals surface area (Å²) in [6.07, 6.45) is 3.66. The zero-order chi connectivity index (χ0) is 10.6. The fraction of sp³-hybridized carbons (Fsp3) is 0.727. The maximum absolute atomic E-state index is 11.7.